The first-order valence-electron chi connectivity index (χ1n) is 7.41. The fourth-order valence-corrected chi connectivity index (χ4v) is 2.66. The van der Waals surface area contributed by atoms with Crippen LogP contribution in [-0.4, -0.2) is 44.3 Å². The average molecular weight is 280 g/mol. The maximum absolute atomic E-state index is 14.2. The first-order valence-corrected chi connectivity index (χ1v) is 7.41. The van der Waals surface area contributed by atoms with E-state index < -0.39 is 0 Å². The largest absolute Gasteiger partial charge is 0.374 e. The van der Waals surface area contributed by atoms with Gasteiger partial charge in [-0.3, -0.25) is 0 Å². The average Bonchev–Trinajstić information content (AvgIpc) is 2.43. The fourth-order valence-electron chi connectivity index (χ4n) is 2.66. The van der Waals surface area contributed by atoms with E-state index in [2.05, 4.69) is 24.2 Å². The zero-order valence-electron chi connectivity index (χ0n) is 12.7. The van der Waals surface area contributed by atoms with Crippen LogP contribution in [0, 0.1) is 12.7 Å². The van der Waals surface area contributed by atoms with E-state index in [0.29, 0.717) is 6.61 Å². The van der Waals surface area contributed by atoms with Gasteiger partial charge in [-0.1, -0.05) is 24.6 Å². The van der Waals surface area contributed by atoms with Crippen LogP contribution in [-0.2, 0) is 4.74 Å². The van der Waals surface area contributed by atoms with Crippen molar-refractivity contribution in [3.05, 3.63) is 35.1 Å². The Hall–Kier alpha value is -0.970. The molecule has 0 aliphatic carbocycles. The van der Waals surface area contributed by atoms with Crippen molar-refractivity contribution < 1.29 is 9.13 Å². The molecule has 0 amide bonds. The molecule has 1 aromatic rings. The van der Waals surface area contributed by atoms with E-state index in [1.165, 1.54) is 0 Å². The second kappa shape index (κ2) is 7.16. The van der Waals surface area contributed by atoms with Crippen molar-refractivity contribution >= 4 is 0 Å². The Morgan fingerprint density at radius 1 is 1.50 bits per heavy atom. The van der Waals surface area contributed by atoms with Gasteiger partial charge in [0.05, 0.1) is 18.8 Å². The summed E-state index contributed by atoms with van der Waals surface area (Å²) in [7, 11) is 2.08. The number of rotatable bonds is 5. The summed E-state index contributed by atoms with van der Waals surface area (Å²) in [6.07, 6.45) is 1.02. The molecule has 0 spiro atoms. The van der Waals surface area contributed by atoms with Crippen LogP contribution in [0.3, 0.4) is 0 Å². The molecule has 1 aliphatic rings. The molecule has 0 saturated carbocycles. The molecule has 2 unspecified atom stereocenters. The minimum absolute atomic E-state index is 0.00315. The lowest BCUT2D eigenvalue weighted by Crippen LogP contribution is -2.47. The van der Waals surface area contributed by atoms with Gasteiger partial charge in [0.2, 0.25) is 0 Å². The van der Waals surface area contributed by atoms with Gasteiger partial charge in [-0.2, -0.15) is 0 Å². The Morgan fingerprint density at radius 2 is 2.30 bits per heavy atom. The lowest BCUT2D eigenvalue weighted by atomic mass is 9.97. The van der Waals surface area contributed by atoms with Crippen LogP contribution in [0.15, 0.2) is 18.2 Å². The number of hydrogen-bond acceptors (Lipinski definition) is 3. The molecular weight excluding hydrogens is 255 g/mol. The number of aryl methyl sites for hydroxylation is 1. The number of benzene rings is 1. The molecule has 1 fully saturated rings. The molecule has 0 bridgehead atoms. The lowest BCUT2D eigenvalue weighted by Gasteiger charge is -2.36. The molecular formula is C16H25FN2O. The van der Waals surface area contributed by atoms with Gasteiger partial charge in [-0.25, -0.2) is 4.39 Å². The van der Waals surface area contributed by atoms with Gasteiger partial charge in [-0.15, -0.1) is 0 Å². The Balaban J connectivity index is 2.23. The Morgan fingerprint density at radius 3 is 3.00 bits per heavy atom. The van der Waals surface area contributed by atoms with E-state index in [4.69, 9.17) is 4.74 Å². The van der Waals surface area contributed by atoms with Crippen molar-refractivity contribution in [1.29, 1.82) is 0 Å². The Bertz CT molecular complexity index is 438. The monoisotopic (exact) mass is 280 g/mol. The predicted octanol–water partition coefficient (Wildman–Crippen LogP) is 2.51. The van der Waals surface area contributed by atoms with E-state index in [1.54, 1.807) is 6.07 Å². The summed E-state index contributed by atoms with van der Waals surface area (Å²) >= 11 is 0. The van der Waals surface area contributed by atoms with Gasteiger partial charge < -0.3 is 15.0 Å². The van der Waals surface area contributed by atoms with E-state index >= 15 is 0 Å². The summed E-state index contributed by atoms with van der Waals surface area (Å²) in [5, 5.41) is 3.45. The number of ether oxygens (including phenoxy) is 1. The van der Waals surface area contributed by atoms with Crippen LogP contribution in [0.4, 0.5) is 4.39 Å². The molecule has 4 heteroatoms. The summed E-state index contributed by atoms with van der Waals surface area (Å²) in [5.41, 5.74) is 1.80. The van der Waals surface area contributed by atoms with E-state index in [-0.39, 0.29) is 18.0 Å². The van der Waals surface area contributed by atoms with Crippen molar-refractivity contribution in [1.82, 2.24) is 10.2 Å². The minimum atomic E-state index is -0.152. The van der Waals surface area contributed by atoms with E-state index in [9.17, 15) is 4.39 Å². The third kappa shape index (κ3) is 3.78. The van der Waals surface area contributed by atoms with Gasteiger partial charge in [-0.05, 0) is 33.0 Å². The van der Waals surface area contributed by atoms with Crippen LogP contribution in [0.2, 0.25) is 0 Å². The molecule has 112 valence electrons. The SMILES string of the molecule is CCCNC(c1cc(C)ccc1F)C1CN(C)CCO1. The topological polar surface area (TPSA) is 24.5 Å². The highest BCUT2D eigenvalue weighted by Crippen LogP contribution is 2.25. The van der Waals surface area contributed by atoms with Crippen molar-refractivity contribution in [3.8, 4) is 0 Å². The maximum Gasteiger partial charge on any atom is 0.128 e. The summed E-state index contributed by atoms with van der Waals surface area (Å²) in [4.78, 5) is 2.24. The van der Waals surface area contributed by atoms with Crippen molar-refractivity contribution in [2.45, 2.75) is 32.4 Å². The number of likely N-dealkylation sites (N-methyl/N-ethyl adjacent to an activating group) is 1. The lowest BCUT2D eigenvalue weighted by molar-refractivity contribution is -0.0397. The molecule has 20 heavy (non-hydrogen) atoms. The number of nitrogens with one attached hydrogen (secondary N) is 1. The predicted molar refractivity (Wildman–Crippen MR) is 79.4 cm³/mol. The van der Waals surface area contributed by atoms with Gasteiger partial charge in [0.25, 0.3) is 0 Å². The second-order valence-corrected chi connectivity index (χ2v) is 5.63. The normalized spacial score (nSPS) is 21.9. The molecule has 0 aromatic heterocycles. The Kier molecular flexibility index (Phi) is 5.52. The van der Waals surface area contributed by atoms with Crippen LogP contribution in [0.5, 0.6) is 0 Å². The molecule has 1 aliphatic heterocycles. The highest BCUT2D eigenvalue weighted by Gasteiger charge is 2.29. The first kappa shape index (κ1) is 15.4. The standard InChI is InChI=1S/C16H25FN2O/c1-4-7-18-16(15-11-19(3)8-9-20-15)13-10-12(2)5-6-14(13)17/h5-6,10,15-16,18H,4,7-9,11H2,1-3H3. The van der Waals surface area contributed by atoms with E-state index in [1.807, 2.05) is 19.1 Å². The molecule has 3 nitrogen and oxygen atoms in total. The first-order chi connectivity index (χ1) is 9.61. The summed E-state index contributed by atoms with van der Waals surface area (Å²) < 4.78 is 20.1. The quantitative estimate of drug-likeness (QED) is 0.897. The summed E-state index contributed by atoms with van der Waals surface area (Å²) in [5.74, 6) is -0.152. The fraction of sp³-hybridized carbons (Fsp3) is 0.625. The summed E-state index contributed by atoms with van der Waals surface area (Å²) in [6, 6.07) is 5.21. The van der Waals surface area contributed by atoms with Gasteiger partial charge >= 0.3 is 0 Å². The van der Waals surface area contributed by atoms with E-state index in [0.717, 1.165) is 37.2 Å². The molecule has 1 saturated heterocycles. The van der Waals surface area contributed by atoms with Gasteiger partial charge in [0.15, 0.2) is 0 Å². The highest BCUT2D eigenvalue weighted by atomic mass is 19.1. The number of morpholine rings is 1. The highest BCUT2D eigenvalue weighted by molar-refractivity contribution is 5.28. The number of nitrogens with zero attached hydrogens (tertiary/aromatic N) is 1. The molecule has 1 N–H and O–H groups in total. The molecule has 2 atom stereocenters. The van der Waals surface area contributed by atoms with Crippen LogP contribution >= 0.6 is 0 Å². The third-order valence-corrected chi connectivity index (χ3v) is 3.77. The molecule has 1 heterocycles. The zero-order chi connectivity index (χ0) is 14.5. The maximum atomic E-state index is 14.2. The number of halogens is 1. The van der Waals surface area contributed by atoms with Crippen molar-refractivity contribution in [2.75, 3.05) is 33.3 Å². The van der Waals surface area contributed by atoms with Gasteiger partial charge in [0.1, 0.15) is 5.82 Å². The molecule has 0 radical (unpaired) electrons. The van der Waals surface area contributed by atoms with Gasteiger partial charge in [0, 0.05) is 18.7 Å². The number of hydrogen-bond donors (Lipinski definition) is 1. The second-order valence-electron chi connectivity index (χ2n) is 5.63. The van der Waals surface area contributed by atoms with Crippen molar-refractivity contribution in [3.63, 3.8) is 0 Å². The van der Waals surface area contributed by atoms with Crippen LogP contribution in [0.25, 0.3) is 0 Å². The Labute approximate surface area is 121 Å². The van der Waals surface area contributed by atoms with Crippen molar-refractivity contribution in [2.24, 2.45) is 0 Å². The van der Waals surface area contributed by atoms with Crippen LogP contribution in [0.1, 0.15) is 30.5 Å². The minimum Gasteiger partial charge on any atom is -0.374 e. The zero-order valence-corrected chi connectivity index (χ0v) is 12.7. The molecule has 1 aromatic carbocycles. The summed E-state index contributed by atoms with van der Waals surface area (Å²) in [6.45, 7) is 7.45. The smallest absolute Gasteiger partial charge is 0.128 e. The third-order valence-electron chi connectivity index (χ3n) is 3.77. The van der Waals surface area contributed by atoms with Crippen LogP contribution < -0.4 is 5.32 Å². The molecule has 2 rings (SSSR count).